The second-order valence-corrected chi connectivity index (χ2v) is 9.24. The van der Waals surface area contributed by atoms with E-state index >= 15 is 0 Å². The normalized spacial score (nSPS) is 15.8. The van der Waals surface area contributed by atoms with E-state index in [4.69, 9.17) is 0 Å². The lowest BCUT2D eigenvalue weighted by atomic mass is 9.98. The predicted octanol–water partition coefficient (Wildman–Crippen LogP) is 7.93. The van der Waals surface area contributed by atoms with Crippen molar-refractivity contribution >= 4 is 28.6 Å². The minimum absolute atomic E-state index is 0.0000331. The Balaban J connectivity index is 0.000000501. The van der Waals surface area contributed by atoms with Crippen LogP contribution in [0.2, 0.25) is 0 Å². The molecule has 31 heavy (non-hydrogen) atoms. The molecule has 1 aromatic carbocycles. The zero-order chi connectivity index (χ0) is 23.0. The number of carbonyl (C=O) groups is 1. The Bertz CT molecular complexity index is 943. The van der Waals surface area contributed by atoms with Gasteiger partial charge in [0, 0.05) is 28.4 Å². The molecule has 1 atom stereocenters. The fourth-order valence-electron chi connectivity index (χ4n) is 4.16. The van der Waals surface area contributed by atoms with Crippen LogP contribution in [0.15, 0.2) is 40.7 Å². The number of carboxylic acids is 1. The quantitative estimate of drug-likeness (QED) is 0.331. The molecule has 0 saturated heterocycles. The first kappa shape index (κ1) is 25.3. The number of nitrogens with zero attached hydrogens (tertiary/aromatic N) is 1. The van der Waals surface area contributed by atoms with Crippen LogP contribution in [0, 0.1) is 11.7 Å². The maximum absolute atomic E-state index is 14.2. The molecule has 0 bridgehead atoms. The van der Waals surface area contributed by atoms with Crippen LogP contribution in [-0.4, -0.2) is 15.6 Å². The molecule has 1 unspecified atom stereocenters. The minimum Gasteiger partial charge on any atom is -0.481 e. The van der Waals surface area contributed by atoms with Gasteiger partial charge in [-0.05, 0) is 55.2 Å². The Morgan fingerprint density at radius 3 is 2.65 bits per heavy atom. The van der Waals surface area contributed by atoms with Crippen molar-refractivity contribution in [3.8, 4) is 0 Å². The summed E-state index contributed by atoms with van der Waals surface area (Å²) in [6.07, 6.45) is 10.0. The van der Waals surface area contributed by atoms with E-state index in [0.717, 1.165) is 65.2 Å². The van der Waals surface area contributed by atoms with Crippen molar-refractivity contribution < 1.29 is 14.3 Å². The highest BCUT2D eigenvalue weighted by atomic mass is 32.2. The molecule has 5 heteroatoms. The van der Waals surface area contributed by atoms with Gasteiger partial charge >= 0.3 is 5.97 Å². The number of allylic oxidation sites excluding steroid dienone is 3. The number of halogens is 1. The van der Waals surface area contributed by atoms with Crippen molar-refractivity contribution in [2.75, 3.05) is 0 Å². The van der Waals surface area contributed by atoms with E-state index in [2.05, 4.69) is 55.9 Å². The average molecular weight is 446 g/mol. The predicted molar refractivity (Wildman–Crippen MR) is 130 cm³/mol. The Morgan fingerprint density at radius 2 is 2.10 bits per heavy atom. The van der Waals surface area contributed by atoms with Crippen LogP contribution in [0.1, 0.15) is 77.5 Å². The van der Waals surface area contributed by atoms with Crippen molar-refractivity contribution in [3.63, 3.8) is 0 Å². The molecule has 170 valence electrons. The van der Waals surface area contributed by atoms with E-state index in [0.29, 0.717) is 0 Å². The van der Waals surface area contributed by atoms with Crippen LogP contribution in [0.5, 0.6) is 0 Å². The molecule has 0 spiro atoms. The number of aromatic nitrogens is 1. The third-order valence-electron chi connectivity index (χ3n) is 5.33. The number of aliphatic carboxylic acids is 1. The van der Waals surface area contributed by atoms with Crippen molar-refractivity contribution in [1.82, 2.24) is 4.57 Å². The van der Waals surface area contributed by atoms with Crippen LogP contribution < -0.4 is 0 Å². The van der Waals surface area contributed by atoms with E-state index in [1.165, 1.54) is 0 Å². The van der Waals surface area contributed by atoms with E-state index in [9.17, 15) is 14.3 Å². The summed E-state index contributed by atoms with van der Waals surface area (Å²) in [5, 5.41) is 12.5. The van der Waals surface area contributed by atoms with Gasteiger partial charge in [-0.1, -0.05) is 64.1 Å². The maximum atomic E-state index is 14.2. The minimum atomic E-state index is -0.774. The van der Waals surface area contributed by atoms with Crippen LogP contribution in [0.3, 0.4) is 0 Å². The van der Waals surface area contributed by atoms with Gasteiger partial charge in [-0.3, -0.25) is 4.79 Å². The van der Waals surface area contributed by atoms with E-state index in [1.807, 2.05) is 6.92 Å². The first-order chi connectivity index (χ1) is 14.8. The van der Waals surface area contributed by atoms with Gasteiger partial charge in [-0.2, -0.15) is 0 Å². The Kier molecular flexibility index (Phi) is 9.89. The number of fused-ring (bicyclic) bond motifs is 3. The molecule has 0 radical (unpaired) electrons. The highest BCUT2D eigenvalue weighted by Crippen LogP contribution is 2.46. The molecular formula is C26H36FNO2S. The Hall–Kier alpha value is -2.01. The van der Waals surface area contributed by atoms with Crippen molar-refractivity contribution in [3.05, 3.63) is 52.8 Å². The van der Waals surface area contributed by atoms with Crippen molar-refractivity contribution in [2.45, 2.75) is 84.1 Å². The topological polar surface area (TPSA) is 42.2 Å². The first-order valence-corrected chi connectivity index (χ1v) is 12.2. The Labute approximate surface area is 190 Å². The molecule has 2 aromatic rings. The van der Waals surface area contributed by atoms with Gasteiger partial charge in [0.15, 0.2) is 0 Å². The molecule has 1 aromatic heterocycles. The molecule has 1 aliphatic rings. The SMILES string of the molecule is C/C=C\C(C)C.CC/C=C/Sc1c2n(c3cc(F)cc(CCC)c13)CCC2CC(=O)O. The van der Waals surface area contributed by atoms with Crippen molar-refractivity contribution in [2.24, 2.45) is 5.92 Å². The summed E-state index contributed by atoms with van der Waals surface area (Å²) in [7, 11) is 0. The number of benzene rings is 1. The van der Waals surface area contributed by atoms with Gasteiger partial charge in [0.25, 0.3) is 0 Å². The summed E-state index contributed by atoms with van der Waals surface area (Å²) >= 11 is 1.65. The van der Waals surface area contributed by atoms with E-state index < -0.39 is 5.97 Å². The lowest BCUT2D eigenvalue weighted by Crippen LogP contribution is -2.04. The van der Waals surface area contributed by atoms with Crippen LogP contribution in [-0.2, 0) is 17.8 Å². The van der Waals surface area contributed by atoms with E-state index in [1.54, 1.807) is 23.9 Å². The molecule has 0 fully saturated rings. The van der Waals surface area contributed by atoms with Gasteiger partial charge in [0.05, 0.1) is 11.9 Å². The summed E-state index contributed by atoms with van der Waals surface area (Å²) in [6.45, 7) is 11.3. The summed E-state index contributed by atoms with van der Waals surface area (Å²) in [4.78, 5) is 12.4. The molecule has 1 N–H and O–H groups in total. The lowest BCUT2D eigenvalue weighted by molar-refractivity contribution is -0.137. The molecule has 3 nitrogen and oxygen atoms in total. The number of carboxylic acid groups (broad SMARTS) is 1. The van der Waals surface area contributed by atoms with Crippen LogP contribution >= 0.6 is 11.8 Å². The first-order valence-electron chi connectivity index (χ1n) is 11.3. The fraction of sp³-hybridized carbons (Fsp3) is 0.500. The van der Waals surface area contributed by atoms with Gasteiger partial charge in [0.1, 0.15) is 5.82 Å². The number of hydrogen-bond acceptors (Lipinski definition) is 2. The molecule has 3 rings (SSSR count). The highest BCUT2D eigenvalue weighted by molar-refractivity contribution is 8.02. The molecule has 1 aliphatic heterocycles. The summed E-state index contributed by atoms with van der Waals surface area (Å²) in [5.41, 5.74) is 3.02. The lowest BCUT2D eigenvalue weighted by Gasteiger charge is -2.10. The van der Waals surface area contributed by atoms with Crippen LogP contribution in [0.25, 0.3) is 10.9 Å². The fourth-order valence-corrected chi connectivity index (χ4v) is 5.34. The van der Waals surface area contributed by atoms with Gasteiger partial charge in [-0.25, -0.2) is 4.39 Å². The van der Waals surface area contributed by atoms with Crippen molar-refractivity contribution in [1.29, 1.82) is 0 Å². The number of rotatable bonds is 8. The molecule has 2 heterocycles. The number of thioether (sulfide) groups is 1. The number of aryl methyl sites for hydroxylation is 2. The summed E-state index contributed by atoms with van der Waals surface area (Å²) in [6, 6.07) is 3.25. The second kappa shape index (κ2) is 12.1. The largest absolute Gasteiger partial charge is 0.481 e. The third-order valence-corrected chi connectivity index (χ3v) is 6.31. The van der Waals surface area contributed by atoms with Crippen LogP contribution in [0.4, 0.5) is 4.39 Å². The van der Waals surface area contributed by atoms with Gasteiger partial charge in [-0.15, -0.1) is 0 Å². The molecule has 0 saturated carbocycles. The monoisotopic (exact) mass is 445 g/mol. The maximum Gasteiger partial charge on any atom is 0.304 e. The second-order valence-electron chi connectivity index (χ2n) is 8.33. The van der Waals surface area contributed by atoms with Gasteiger partial charge < -0.3 is 9.67 Å². The van der Waals surface area contributed by atoms with Gasteiger partial charge in [0.2, 0.25) is 0 Å². The smallest absolute Gasteiger partial charge is 0.304 e. The summed E-state index contributed by atoms with van der Waals surface area (Å²) < 4.78 is 16.3. The molecule has 0 amide bonds. The number of hydrogen-bond donors (Lipinski definition) is 1. The summed E-state index contributed by atoms with van der Waals surface area (Å²) in [5.74, 6) is -0.266. The Morgan fingerprint density at radius 1 is 1.35 bits per heavy atom. The zero-order valence-corrected chi connectivity index (χ0v) is 20.3. The molecular weight excluding hydrogens is 409 g/mol. The highest BCUT2D eigenvalue weighted by Gasteiger charge is 2.32. The average Bonchev–Trinajstić information content (AvgIpc) is 3.22. The molecule has 0 aliphatic carbocycles. The standard InChI is InChI=1S/C20H24FNO2S.C6H12/c1-3-5-9-25-20-18-13(6-4-2)10-15(21)12-16(18)22-8-7-14(19(20)22)11-17(23)24;1-4-5-6(2)3/h5,9-10,12,14H,3-4,6-8,11H2,1-2H3,(H,23,24);4-6H,1-3H3/b9-5+;5-4-. The zero-order valence-electron chi connectivity index (χ0n) is 19.5. The third kappa shape index (κ3) is 6.49. The van der Waals surface area contributed by atoms with E-state index in [-0.39, 0.29) is 18.2 Å².